The number of benzene rings is 2. The van der Waals surface area contributed by atoms with E-state index in [0.717, 1.165) is 37.9 Å². The molecule has 3 nitrogen and oxygen atoms in total. The lowest BCUT2D eigenvalue weighted by Gasteiger charge is -2.50. The van der Waals surface area contributed by atoms with E-state index in [-0.39, 0.29) is 11.8 Å². The molecule has 146 valence electrons. The summed E-state index contributed by atoms with van der Waals surface area (Å²) in [7, 11) is 0. The summed E-state index contributed by atoms with van der Waals surface area (Å²) in [5.41, 5.74) is 3.62. The van der Waals surface area contributed by atoms with Crippen LogP contribution in [0.25, 0.3) is 0 Å². The molecular weight excluding hydrogens is 376 g/mol. The van der Waals surface area contributed by atoms with E-state index in [1.165, 1.54) is 21.7 Å². The van der Waals surface area contributed by atoms with Gasteiger partial charge in [-0.25, -0.2) is 5.01 Å². The van der Waals surface area contributed by atoms with E-state index in [2.05, 4.69) is 77.1 Å². The van der Waals surface area contributed by atoms with Crippen LogP contribution in [0.3, 0.4) is 0 Å². The molecule has 0 saturated heterocycles. The number of thiophene rings is 1. The predicted molar refractivity (Wildman–Crippen MR) is 118 cm³/mol. The largest absolute Gasteiger partial charge is 0.466 e. The normalized spacial score (nSPS) is 27.9. The Morgan fingerprint density at radius 3 is 2.52 bits per heavy atom. The Hall–Kier alpha value is -2.59. The number of hydrazone groups is 1. The van der Waals surface area contributed by atoms with Gasteiger partial charge in [0.25, 0.3) is 0 Å². The van der Waals surface area contributed by atoms with Gasteiger partial charge in [0, 0.05) is 24.8 Å². The highest BCUT2D eigenvalue weighted by molar-refractivity contribution is 7.12. The Morgan fingerprint density at radius 1 is 0.931 bits per heavy atom. The predicted octanol–water partition coefficient (Wildman–Crippen LogP) is 6.35. The maximum Gasteiger partial charge on any atom is 0.198 e. The molecule has 1 aliphatic carbocycles. The average Bonchev–Trinajstić information content (AvgIpc) is 3.46. The number of hydrogen-bond donors (Lipinski definition) is 0. The van der Waals surface area contributed by atoms with Crippen molar-refractivity contribution in [3.8, 4) is 5.75 Å². The van der Waals surface area contributed by atoms with Gasteiger partial charge in [-0.15, -0.1) is 11.3 Å². The summed E-state index contributed by atoms with van der Waals surface area (Å²) in [5.74, 6) is 1.67. The van der Waals surface area contributed by atoms with Gasteiger partial charge in [-0.3, -0.25) is 0 Å². The minimum Gasteiger partial charge on any atom is -0.466 e. The van der Waals surface area contributed by atoms with Crippen LogP contribution in [0.15, 0.2) is 77.2 Å². The molecule has 1 fully saturated rings. The van der Waals surface area contributed by atoms with Gasteiger partial charge in [0.2, 0.25) is 0 Å². The van der Waals surface area contributed by atoms with Crippen LogP contribution >= 0.6 is 11.3 Å². The van der Waals surface area contributed by atoms with Gasteiger partial charge in [-0.1, -0.05) is 54.6 Å². The highest BCUT2D eigenvalue weighted by Gasteiger charge is 2.52. The molecule has 2 aliphatic heterocycles. The molecule has 0 radical (unpaired) electrons. The molecule has 1 spiro atoms. The van der Waals surface area contributed by atoms with Crippen molar-refractivity contribution in [2.24, 2.45) is 5.10 Å². The maximum atomic E-state index is 6.75. The zero-order chi connectivity index (χ0) is 19.3. The lowest BCUT2D eigenvalue weighted by molar-refractivity contribution is -0.142. The summed E-state index contributed by atoms with van der Waals surface area (Å²) in [6.45, 7) is 0. The first-order chi connectivity index (χ1) is 14.3. The minimum absolute atomic E-state index is 0.283. The van der Waals surface area contributed by atoms with Crippen molar-refractivity contribution in [2.45, 2.75) is 49.8 Å². The fourth-order valence-corrected chi connectivity index (χ4v) is 6.00. The molecule has 3 aliphatic rings. The molecule has 0 bridgehead atoms. The monoisotopic (exact) mass is 400 g/mol. The molecular formula is C25H24N2OS. The highest BCUT2D eigenvalue weighted by Crippen LogP contribution is 2.53. The lowest BCUT2D eigenvalue weighted by Crippen LogP contribution is -2.55. The number of fused-ring (bicyclic) bond motifs is 4. The zero-order valence-corrected chi connectivity index (χ0v) is 17.1. The highest BCUT2D eigenvalue weighted by atomic mass is 32.1. The molecule has 3 aromatic rings. The van der Waals surface area contributed by atoms with E-state index in [1.807, 2.05) is 0 Å². The van der Waals surface area contributed by atoms with Crippen LogP contribution in [-0.4, -0.2) is 16.4 Å². The number of rotatable bonds is 2. The van der Waals surface area contributed by atoms with Gasteiger partial charge in [0.15, 0.2) is 5.72 Å². The van der Waals surface area contributed by atoms with Crippen molar-refractivity contribution in [2.75, 3.05) is 0 Å². The maximum absolute atomic E-state index is 6.75. The third kappa shape index (κ3) is 2.81. The molecule has 0 amide bonds. The molecule has 1 atom stereocenters. The molecule has 2 aromatic carbocycles. The molecule has 1 aromatic heterocycles. The standard InChI is InChI=1S/C25H24N2OS/c1-2-7-18(8-3-1)19-12-14-25(15-13-19)27-22(20-9-4-5-10-23(20)28-25)17-21(26-27)24-11-6-16-29-24/h1-11,16,19,22H,12-15,17H2. The lowest BCUT2D eigenvalue weighted by atomic mass is 9.78. The van der Waals surface area contributed by atoms with Crippen LogP contribution in [0.1, 0.15) is 60.1 Å². The van der Waals surface area contributed by atoms with Crippen molar-refractivity contribution in [1.29, 1.82) is 0 Å². The van der Waals surface area contributed by atoms with E-state index in [4.69, 9.17) is 9.84 Å². The van der Waals surface area contributed by atoms with Gasteiger partial charge in [-0.2, -0.15) is 5.10 Å². The topological polar surface area (TPSA) is 24.8 Å². The second-order valence-electron chi connectivity index (χ2n) is 8.36. The van der Waals surface area contributed by atoms with Gasteiger partial charge < -0.3 is 4.74 Å². The van der Waals surface area contributed by atoms with Crippen LogP contribution in [0.2, 0.25) is 0 Å². The fraction of sp³-hybridized carbons (Fsp3) is 0.320. The summed E-state index contributed by atoms with van der Waals surface area (Å²) in [5, 5.41) is 9.63. The number of nitrogens with zero attached hydrogens (tertiary/aromatic N) is 2. The molecule has 0 N–H and O–H groups in total. The van der Waals surface area contributed by atoms with Crippen LogP contribution in [0, 0.1) is 0 Å². The first kappa shape index (κ1) is 17.3. The van der Waals surface area contributed by atoms with E-state index >= 15 is 0 Å². The summed E-state index contributed by atoms with van der Waals surface area (Å²) in [6, 6.07) is 24.1. The first-order valence-electron chi connectivity index (χ1n) is 10.6. The summed E-state index contributed by atoms with van der Waals surface area (Å²) < 4.78 is 6.75. The Labute approximate surface area is 175 Å². The number of ether oxygens (including phenoxy) is 1. The Kier molecular flexibility index (Phi) is 4.01. The van der Waals surface area contributed by atoms with Crippen molar-refractivity contribution in [1.82, 2.24) is 5.01 Å². The third-order valence-corrected chi connectivity index (χ3v) is 7.67. The number of hydrogen-bond acceptors (Lipinski definition) is 4. The summed E-state index contributed by atoms with van der Waals surface area (Å²) in [6.07, 6.45) is 5.26. The average molecular weight is 401 g/mol. The van der Waals surface area contributed by atoms with Gasteiger partial charge in [0.1, 0.15) is 5.75 Å². The van der Waals surface area contributed by atoms with Crippen molar-refractivity contribution in [3.05, 3.63) is 88.1 Å². The molecule has 6 rings (SSSR count). The minimum atomic E-state index is -0.316. The van der Waals surface area contributed by atoms with Gasteiger partial charge >= 0.3 is 0 Å². The quantitative estimate of drug-likeness (QED) is 0.501. The van der Waals surface area contributed by atoms with Crippen molar-refractivity contribution < 1.29 is 4.74 Å². The Morgan fingerprint density at radius 2 is 1.72 bits per heavy atom. The van der Waals surface area contributed by atoms with Gasteiger partial charge in [-0.05, 0) is 41.8 Å². The van der Waals surface area contributed by atoms with Crippen molar-refractivity contribution in [3.63, 3.8) is 0 Å². The van der Waals surface area contributed by atoms with Gasteiger partial charge in [0.05, 0.1) is 16.6 Å². The van der Waals surface area contributed by atoms with Crippen LogP contribution in [0.4, 0.5) is 0 Å². The van der Waals surface area contributed by atoms with Crippen LogP contribution in [-0.2, 0) is 0 Å². The van der Waals surface area contributed by atoms with Crippen LogP contribution < -0.4 is 4.74 Å². The Bertz CT molecular complexity index is 1040. The Balaban J connectivity index is 1.35. The first-order valence-corrected chi connectivity index (χ1v) is 11.4. The second-order valence-corrected chi connectivity index (χ2v) is 9.31. The van der Waals surface area contributed by atoms with E-state index in [0.29, 0.717) is 5.92 Å². The van der Waals surface area contributed by atoms with E-state index in [9.17, 15) is 0 Å². The molecule has 4 heteroatoms. The van der Waals surface area contributed by atoms with E-state index in [1.54, 1.807) is 11.3 Å². The fourth-order valence-electron chi connectivity index (χ4n) is 5.28. The zero-order valence-electron chi connectivity index (χ0n) is 16.3. The molecule has 3 heterocycles. The second kappa shape index (κ2) is 6.74. The molecule has 1 unspecified atom stereocenters. The van der Waals surface area contributed by atoms with E-state index < -0.39 is 0 Å². The smallest absolute Gasteiger partial charge is 0.198 e. The molecule has 1 saturated carbocycles. The number of para-hydroxylation sites is 1. The van der Waals surface area contributed by atoms with Crippen molar-refractivity contribution >= 4 is 17.0 Å². The molecule has 29 heavy (non-hydrogen) atoms. The summed E-state index contributed by atoms with van der Waals surface area (Å²) in [4.78, 5) is 1.28. The van der Waals surface area contributed by atoms with Crippen LogP contribution in [0.5, 0.6) is 5.75 Å². The SMILES string of the molecule is c1ccc(C2CCC3(CC2)Oc2ccccc2C2CC(c4cccs4)=NN23)cc1. The third-order valence-electron chi connectivity index (χ3n) is 6.75. The summed E-state index contributed by atoms with van der Waals surface area (Å²) >= 11 is 1.78.